The summed E-state index contributed by atoms with van der Waals surface area (Å²) >= 11 is 0. The fourth-order valence-corrected chi connectivity index (χ4v) is 2.89. The quantitative estimate of drug-likeness (QED) is 0.670. The molecule has 6 heteroatoms. The van der Waals surface area contributed by atoms with Crippen molar-refractivity contribution in [2.75, 3.05) is 11.9 Å². The highest BCUT2D eigenvalue weighted by molar-refractivity contribution is 5.94. The number of hydrogen-bond acceptors (Lipinski definition) is 5. The number of nitro benzene ring substituents is 1. The maximum atomic E-state index is 11.5. The molecule has 2 N–H and O–H groups in total. The predicted molar refractivity (Wildman–Crippen MR) is 82.5 cm³/mol. The zero-order valence-electron chi connectivity index (χ0n) is 11.9. The van der Waals surface area contributed by atoms with Gasteiger partial charge in [0, 0.05) is 18.3 Å². The Kier molecular flexibility index (Phi) is 3.70. The van der Waals surface area contributed by atoms with Crippen LogP contribution in [0.1, 0.15) is 19.8 Å². The highest BCUT2D eigenvalue weighted by Gasteiger charge is 2.25. The van der Waals surface area contributed by atoms with Crippen molar-refractivity contribution >= 4 is 22.3 Å². The molecule has 1 aromatic heterocycles. The third kappa shape index (κ3) is 2.67. The molecule has 0 radical (unpaired) electrons. The average molecular weight is 286 g/mol. The Bertz CT molecular complexity index is 674. The lowest BCUT2D eigenvalue weighted by molar-refractivity contribution is -0.382. The second-order valence-electron chi connectivity index (χ2n) is 5.42. The molecule has 110 valence electrons. The molecule has 0 amide bonds. The maximum Gasteiger partial charge on any atom is 0.301 e. The molecule has 0 aliphatic carbocycles. The van der Waals surface area contributed by atoms with E-state index in [1.165, 1.54) is 0 Å². The minimum atomic E-state index is -0.326. The topological polar surface area (TPSA) is 80.1 Å². The number of benzene rings is 1. The van der Waals surface area contributed by atoms with Crippen LogP contribution in [0.15, 0.2) is 30.5 Å². The van der Waals surface area contributed by atoms with Crippen molar-refractivity contribution in [1.29, 1.82) is 0 Å². The Balaban J connectivity index is 2.01. The van der Waals surface area contributed by atoms with Gasteiger partial charge in [-0.3, -0.25) is 15.1 Å². The molecule has 2 unspecified atom stereocenters. The van der Waals surface area contributed by atoms with Gasteiger partial charge in [0.2, 0.25) is 0 Å². The van der Waals surface area contributed by atoms with E-state index in [9.17, 15) is 10.1 Å². The molecule has 2 atom stereocenters. The van der Waals surface area contributed by atoms with E-state index < -0.39 is 0 Å². The maximum absolute atomic E-state index is 11.5. The Labute approximate surface area is 122 Å². The smallest absolute Gasteiger partial charge is 0.301 e. The van der Waals surface area contributed by atoms with E-state index in [0.29, 0.717) is 22.6 Å². The van der Waals surface area contributed by atoms with E-state index in [4.69, 9.17) is 0 Å². The summed E-state index contributed by atoms with van der Waals surface area (Å²) in [5.74, 6) is 0. The van der Waals surface area contributed by atoms with Gasteiger partial charge in [-0.05, 0) is 50.6 Å². The Morgan fingerprint density at radius 2 is 2.29 bits per heavy atom. The minimum Gasteiger partial charge on any atom is -0.375 e. The second kappa shape index (κ2) is 5.65. The number of hydrogen-bond donors (Lipinski definition) is 2. The van der Waals surface area contributed by atoms with Crippen molar-refractivity contribution in [1.82, 2.24) is 10.3 Å². The van der Waals surface area contributed by atoms with Gasteiger partial charge < -0.3 is 10.6 Å². The predicted octanol–water partition coefficient (Wildman–Crippen LogP) is 2.70. The summed E-state index contributed by atoms with van der Waals surface area (Å²) < 4.78 is 0. The second-order valence-corrected chi connectivity index (χ2v) is 5.42. The van der Waals surface area contributed by atoms with Crippen molar-refractivity contribution in [3.05, 3.63) is 40.6 Å². The highest BCUT2D eigenvalue weighted by Crippen LogP contribution is 2.33. The van der Waals surface area contributed by atoms with Gasteiger partial charge in [0.15, 0.2) is 0 Å². The number of nitro groups is 1. The zero-order valence-corrected chi connectivity index (χ0v) is 11.9. The van der Waals surface area contributed by atoms with E-state index in [-0.39, 0.29) is 16.7 Å². The van der Waals surface area contributed by atoms with Gasteiger partial charge in [-0.15, -0.1) is 0 Å². The fourth-order valence-electron chi connectivity index (χ4n) is 2.89. The molecule has 0 bridgehead atoms. The van der Waals surface area contributed by atoms with Crippen LogP contribution >= 0.6 is 0 Å². The molecule has 1 aliphatic rings. The molecule has 1 aliphatic heterocycles. The summed E-state index contributed by atoms with van der Waals surface area (Å²) in [5.41, 5.74) is 1.32. The first-order chi connectivity index (χ1) is 10.2. The lowest BCUT2D eigenvalue weighted by Crippen LogP contribution is -2.46. The monoisotopic (exact) mass is 286 g/mol. The van der Waals surface area contributed by atoms with Crippen LogP contribution in [0.25, 0.3) is 10.9 Å². The van der Waals surface area contributed by atoms with Crippen molar-refractivity contribution < 1.29 is 4.92 Å². The van der Waals surface area contributed by atoms with Crippen molar-refractivity contribution in [2.24, 2.45) is 0 Å². The number of aromatic nitrogens is 1. The average Bonchev–Trinajstić information content (AvgIpc) is 2.49. The molecule has 21 heavy (non-hydrogen) atoms. The first-order valence-corrected chi connectivity index (χ1v) is 7.19. The summed E-state index contributed by atoms with van der Waals surface area (Å²) in [6, 6.07) is 7.55. The number of fused-ring (bicyclic) bond motifs is 1. The van der Waals surface area contributed by atoms with Crippen LogP contribution < -0.4 is 10.6 Å². The third-order valence-electron chi connectivity index (χ3n) is 4.04. The SMILES string of the molecule is CC1NCCCC1Nc1ccc2ncccc2c1[N+](=O)[O-]. The number of nitrogens with zero attached hydrogens (tertiary/aromatic N) is 2. The van der Waals surface area contributed by atoms with Crippen LogP contribution in [0.5, 0.6) is 0 Å². The van der Waals surface area contributed by atoms with Crippen LogP contribution in [0.2, 0.25) is 0 Å². The molecule has 2 aromatic rings. The van der Waals surface area contributed by atoms with Crippen LogP contribution in [0, 0.1) is 10.1 Å². The number of piperidine rings is 1. The molecule has 6 nitrogen and oxygen atoms in total. The summed E-state index contributed by atoms with van der Waals surface area (Å²) in [7, 11) is 0. The molecule has 0 spiro atoms. The standard InChI is InChI=1S/C15H18N4O2/c1-10-12(5-3-8-16-10)18-14-7-6-13-11(4-2-9-17-13)15(14)19(20)21/h2,4,6-7,9-10,12,16,18H,3,5,8H2,1H3. The van der Waals surface area contributed by atoms with Gasteiger partial charge in [0.05, 0.1) is 15.8 Å². The summed E-state index contributed by atoms with van der Waals surface area (Å²) in [5, 5.41) is 18.8. The Hall–Kier alpha value is -2.21. The molecule has 0 saturated carbocycles. The first kappa shape index (κ1) is 13.8. The van der Waals surface area contributed by atoms with E-state index in [1.807, 2.05) is 6.07 Å². The molecule has 1 fully saturated rings. The van der Waals surface area contributed by atoms with E-state index in [2.05, 4.69) is 22.5 Å². The lowest BCUT2D eigenvalue weighted by atomic mass is 9.99. The number of pyridine rings is 1. The van der Waals surface area contributed by atoms with Crippen LogP contribution in [-0.4, -0.2) is 28.5 Å². The Morgan fingerprint density at radius 1 is 1.43 bits per heavy atom. The van der Waals surface area contributed by atoms with E-state index >= 15 is 0 Å². The van der Waals surface area contributed by atoms with E-state index in [1.54, 1.807) is 24.4 Å². The van der Waals surface area contributed by atoms with Crippen molar-refractivity contribution in [3.8, 4) is 0 Å². The molecule has 1 saturated heterocycles. The molecule has 3 rings (SSSR count). The van der Waals surface area contributed by atoms with Gasteiger partial charge in [-0.2, -0.15) is 0 Å². The fraction of sp³-hybridized carbons (Fsp3) is 0.400. The third-order valence-corrected chi connectivity index (χ3v) is 4.04. The molecule has 1 aromatic carbocycles. The summed E-state index contributed by atoms with van der Waals surface area (Å²) in [6.07, 6.45) is 3.73. The van der Waals surface area contributed by atoms with Crippen LogP contribution in [0.3, 0.4) is 0 Å². The molecular formula is C15H18N4O2. The highest BCUT2D eigenvalue weighted by atomic mass is 16.6. The van der Waals surface area contributed by atoms with Gasteiger partial charge in [-0.1, -0.05) is 0 Å². The lowest BCUT2D eigenvalue weighted by Gasteiger charge is -2.31. The van der Waals surface area contributed by atoms with E-state index in [0.717, 1.165) is 19.4 Å². The van der Waals surface area contributed by atoms with Crippen LogP contribution in [-0.2, 0) is 0 Å². The largest absolute Gasteiger partial charge is 0.375 e. The van der Waals surface area contributed by atoms with Gasteiger partial charge in [0.25, 0.3) is 0 Å². The Morgan fingerprint density at radius 3 is 3.05 bits per heavy atom. The normalized spacial score (nSPS) is 22.1. The minimum absolute atomic E-state index is 0.110. The van der Waals surface area contributed by atoms with Gasteiger partial charge in [-0.25, -0.2) is 0 Å². The van der Waals surface area contributed by atoms with Gasteiger partial charge in [0.1, 0.15) is 5.69 Å². The van der Waals surface area contributed by atoms with Crippen molar-refractivity contribution in [3.63, 3.8) is 0 Å². The molecule has 2 heterocycles. The van der Waals surface area contributed by atoms with Crippen molar-refractivity contribution in [2.45, 2.75) is 31.8 Å². The first-order valence-electron chi connectivity index (χ1n) is 7.19. The molecular weight excluding hydrogens is 268 g/mol. The summed E-state index contributed by atoms with van der Waals surface area (Å²) in [4.78, 5) is 15.3. The zero-order chi connectivity index (χ0) is 14.8. The number of anilines is 1. The van der Waals surface area contributed by atoms with Gasteiger partial charge >= 0.3 is 5.69 Å². The number of nitrogens with one attached hydrogen (secondary N) is 2. The van der Waals surface area contributed by atoms with Crippen LogP contribution in [0.4, 0.5) is 11.4 Å². The summed E-state index contributed by atoms with van der Waals surface area (Å²) in [6.45, 7) is 3.11. The number of rotatable bonds is 3.